The molecule has 1 fully saturated rings. The molecule has 0 unspecified atom stereocenters. The summed E-state index contributed by atoms with van der Waals surface area (Å²) in [5, 5.41) is 6.42. The van der Waals surface area contributed by atoms with Gasteiger partial charge in [-0.25, -0.2) is 0 Å². The Kier molecular flexibility index (Phi) is 6.09. The first kappa shape index (κ1) is 15.9. The van der Waals surface area contributed by atoms with Crippen LogP contribution >= 0.6 is 0 Å². The van der Waals surface area contributed by atoms with Crippen LogP contribution in [0.1, 0.15) is 61.4 Å². The highest BCUT2D eigenvalue weighted by Gasteiger charge is 2.15. The first-order chi connectivity index (χ1) is 10.2. The van der Waals surface area contributed by atoms with Crippen molar-refractivity contribution >= 4 is 11.6 Å². The van der Waals surface area contributed by atoms with Crippen molar-refractivity contribution in [3.8, 4) is 0 Å². The Morgan fingerprint density at radius 3 is 2.67 bits per heavy atom. The molecule has 116 valence electrons. The lowest BCUT2D eigenvalue weighted by Gasteiger charge is -2.12. The number of nitrogens with one attached hydrogen (secondary N) is 2. The summed E-state index contributed by atoms with van der Waals surface area (Å²) >= 11 is 0. The Balaban J connectivity index is 1.83. The molecular formula is C18H28N2O. The average molecular weight is 288 g/mol. The van der Waals surface area contributed by atoms with E-state index < -0.39 is 0 Å². The van der Waals surface area contributed by atoms with Gasteiger partial charge in [-0.15, -0.1) is 0 Å². The summed E-state index contributed by atoms with van der Waals surface area (Å²) in [6.07, 6.45) is 7.64. The fourth-order valence-electron chi connectivity index (χ4n) is 3.08. The Hall–Kier alpha value is -1.51. The number of rotatable bonds is 7. The molecule has 21 heavy (non-hydrogen) atoms. The molecule has 2 N–H and O–H groups in total. The van der Waals surface area contributed by atoms with Gasteiger partial charge < -0.3 is 10.6 Å². The molecule has 0 heterocycles. The summed E-state index contributed by atoms with van der Waals surface area (Å²) in [4.78, 5) is 12.2. The number of hydrogen-bond donors (Lipinski definition) is 2. The zero-order chi connectivity index (χ0) is 15.1. The van der Waals surface area contributed by atoms with Gasteiger partial charge in [-0.05, 0) is 49.4 Å². The third kappa shape index (κ3) is 4.76. The van der Waals surface area contributed by atoms with Crippen LogP contribution in [-0.4, -0.2) is 19.0 Å². The largest absolute Gasteiger partial charge is 0.385 e. The predicted octanol–water partition coefficient (Wildman–Crippen LogP) is 4.13. The van der Waals surface area contributed by atoms with Crippen molar-refractivity contribution in [2.24, 2.45) is 5.92 Å². The molecule has 0 spiro atoms. The minimum absolute atomic E-state index is 0.0625. The van der Waals surface area contributed by atoms with E-state index in [0.29, 0.717) is 0 Å². The normalized spacial score (nSPS) is 15.1. The SMILES string of the molecule is CCCNc1ccc(C(=O)NCCC2CCCC2)c(C)c1. The van der Waals surface area contributed by atoms with Crippen LogP contribution in [0.5, 0.6) is 0 Å². The maximum absolute atomic E-state index is 12.2. The summed E-state index contributed by atoms with van der Waals surface area (Å²) < 4.78 is 0. The zero-order valence-electron chi connectivity index (χ0n) is 13.4. The standard InChI is InChI=1S/C18H28N2O/c1-3-11-19-16-8-9-17(14(2)13-16)18(21)20-12-10-15-6-4-5-7-15/h8-9,13,15,19H,3-7,10-12H2,1-2H3,(H,20,21). The van der Waals surface area contributed by atoms with Gasteiger partial charge >= 0.3 is 0 Å². The number of carbonyl (C=O) groups excluding carboxylic acids is 1. The van der Waals surface area contributed by atoms with E-state index in [0.717, 1.165) is 48.7 Å². The molecule has 0 aromatic heterocycles. The highest BCUT2D eigenvalue weighted by Crippen LogP contribution is 2.27. The van der Waals surface area contributed by atoms with Crippen LogP contribution in [0.3, 0.4) is 0 Å². The van der Waals surface area contributed by atoms with Crippen molar-refractivity contribution in [2.75, 3.05) is 18.4 Å². The number of carbonyl (C=O) groups is 1. The molecule has 1 amide bonds. The monoisotopic (exact) mass is 288 g/mol. The lowest BCUT2D eigenvalue weighted by Crippen LogP contribution is -2.26. The quantitative estimate of drug-likeness (QED) is 0.792. The highest BCUT2D eigenvalue weighted by molar-refractivity contribution is 5.96. The summed E-state index contributed by atoms with van der Waals surface area (Å²) in [5.74, 6) is 0.888. The fourth-order valence-corrected chi connectivity index (χ4v) is 3.08. The van der Waals surface area contributed by atoms with E-state index >= 15 is 0 Å². The van der Waals surface area contributed by atoms with Gasteiger partial charge in [-0.1, -0.05) is 32.6 Å². The third-order valence-corrected chi connectivity index (χ3v) is 4.36. The van der Waals surface area contributed by atoms with Crippen LogP contribution in [0.4, 0.5) is 5.69 Å². The lowest BCUT2D eigenvalue weighted by atomic mass is 10.0. The van der Waals surface area contributed by atoms with Gasteiger partial charge in [0.25, 0.3) is 5.91 Å². The molecule has 2 rings (SSSR count). The van der Waals surface area contributed by atoms with Crippen molar-refractivity contribution in [3.05, 3.63) is 29.3 Å². The van der Waals surface area contributed by atoms with E-state index in [1.165, 1.54) is 25.7 Å². The van der Waals surface area contributed by atoms with Crippen LogP contribution in [0.15, 0.2) is 18.2 Å². The Morgan fingerprint density at radius 2 is 2.00 bits per heavy atom. The van der Waals surface area contributed by atoms with Gasteiger partial charge in [0.15, 0.2) is 0 Å². The number of amides is 1. The fraction of sp³-hybridized carbons (Fsp3) is 0.611. The second-order valence-corrected chi connectivity index (χ2v) is 6.15. The second kappa shape index (κ2) is 8.06. The van der Waals surface area contributed by atoms with Crippen molar-refractivity contribution in [3.63, 3.8) is 0 Å². The van der Waals surface area contributed by atoms with Gasteiger partial charge in [0.2, 0.25) is 0 Å². The molecule has 3 nitrogen and oxygen atoms in total. The lowest BCUT2D eigenvalue weighted by molar-refractivity contribution is 0.0951. The van der Waals surface area contributed by atoms with Gasteiger partial charge in [0, 0.05) is 24.3 Å². The first-order valence-electron chi connectivity index (χ1n) is 8.33. The third-order valence-electron chi connectivity index (χ3n) is 4.36. The van der Waals surface area contributed by atoms with Crippen molar-refractivity contribution in [1.82, 2.24) is 5.32 Å². The van der Waals surface area contributed by atoms with Crippen LogP contribution in [-0.2, 0) is 0 Å². The van der Waals surface area contributed by atoms with Gasteiger partial charge in [-0.3, -0.25) is 4.79 Å². The molecule has 0 bridgehead atoms. The van der Waals surface area contributed by atoms with Gasteiger partial charge in [0.1, 0.15) is 0 Å². The van der Waals surface area contributed by atoms with E-state index in [2.05, 4.69) is 23.6 Å². The molecule has 0 saturated heterocycles. The smallest absolute Gasteiger partial charge is 0.251 e. The van der Waals surface area contributed by atoms with Crippen LogP contribution < -0.4 is 10.6 Å². The van der Waals surface area contributed by atoms with E-state index in [4.69, 9.17) is 0 Å². The van der Waals surface area contributed by atoms with Crippen LogP contribution in [0.25, 0.3) is 0 Å². The van der Waals surface area contributed by atoms with E-state index in [-0.39, 0.29) is 5.91 Å². The summed E-state index contributed by atoms with van der Waals surface area (Å²) in [5.41, 5.74) is 2.93. The van der Waals surface area contributed by atoms with Gasteiger partial charge in [0.05, 0.1) is 0 Å². The second-order valence-electron chi connectivity index (χ2n) is 6.15. The molecule has 1 aromatic carbocycles. The van der Waals surface area contributed by atoms with Crippen molar-refractivity contribution in [2.45, 2.75) is 52.4 Å². The maximum Gasteiger partial charge on any atom is 0.251 e. The summed E-state index contributed by atoms with van der Waals surface area (Å²) in [6.45, 7) is 5.92. The molecule has 1 saturated carbocycles. The first-order valence-corrected chi connectivity index (χ1v) is 8.33. The molecule has 1 aliphatic carbocycles. The van der Waals surface area contributed by atoms with E-state index in [1.54, 1.807) is 0 Å². The number of hydrogen-bond acceptors (Lipinski definition) is 2. The van der Waals surface area contributed by atoms with Crippen molar-refractivity contribution in [1.29, 1.82) is 0 Å². The average Bonchev–Trinajstić information content (AvgIpc) is 2.98. The van der Waals surface area contributed by atoms with E-state index in [9.17, 15) is 4.79 Å². The molecule has 0 aliphatic heterocycles. The Labute approximate surface area is 128 Å². The van der Waals surface area contributed by atoms with E-state index in [1.807, 2.05) is 19.1 Å². The van der Waals surface area contributed by atoms with Crippen molar-refractivity contribution < 1.29 is 4.79 Å². The molecule has 0 radical (unpaired) electrons. The highest BCUT2D eigenvalue weighted by atomic mass is 16.1. The molecule has 1 aliphatic rings. The van der Waals surface area contributed by atoms with Gasteiger partial charge in [-0.2, -0.15) is 0 Å². The van der Waals surface area contributed by atoms with Crippen LogP contribution in [0, 0.1) is 12.8 Å². The molecular weight excluding hydrogens is 260 g/mol. The number of benzene rings is 1. The minimum Gasteiger partial charge on any atom is -0.385 e. The Morgan fingerprint density at radius 1 is 1.24 bits per heavy atom. The number of aryl methyl sites for hydroxylation is 1. The number of anilines is 1. The molecule has 1 aromatic rings. The summed E-state index contributed by atoms with van der Waals surface area (Å²) in [6, 6.07) is 5.98. The summed E-state index contributed by atoms with van der Waals surface area (Å²) in [7, 11) is 0. The maximum atomic E-state index is 12.2. The van der Waals surface area contributed by atoms with Crippen LogP contribution in [0.2, 0.25) is 0 Å². The zero-order valence-corrected chi connectivity index (χ0v) is 13.4. The molecule has 3 heteroatoms. The molecule has 0 atom stereocenters. The Bertz CT molecular complexity index is 464. The minimum atomic E-state index is 0.0625. The topological polar surface area (TPSA) is 41.1 Å². The predicted molar refractivity (Wildman–Crippen MR) is 88.9 cm³/mol.